The fraction of sp³-hybridized carbons (Fsp3) is 0.500. The minimum atomic E-state index is -3.50. The molecule has 0 spiro atoms. The fourth-order valence-electron chi connectivity index (χ4n) is 2.43. The number of piperidine rings is 1. The van der Waals surface area contributed by atoms with Crippen LogP contribution in [0.1, 0.15) is 24.8 Å². The highest BCUT2D eigenvalue weighted by Crippen LogP contribution is 2.21. The van der Waals surface area contributed by atoms with E-state index in [-0.39, 0.29) is 11.3 Å². The summed E-state index contributed by atoms with van der Waals surface area (Å²) in [6.45, 7) is 1.09. The van der Waals surface area contributed by atoms with Gasteiger partial charge in [0.1, 0.15) is 6.04 Å². The molecule has 0 aliphatic carbocycles. The van der Waals surface area contributed by atoms with Gasteiger partial charge in [0.05, 0.1) is 4.90 Å². The molecule has 1 aromatic rings. The molecule has 1 aliphatic heterocycles. The van der Waals surface area contributed by atoms with Gasteiger partial charge in [0.25, 0.3) is 0 Å². The van der Waals surface area contributed by atoms with E-state index in [4.69, 9.17) is 10.8 Å². The summed E-state index contributed by atoms with van der Waals surface area (Å²) in [5, 5.41) is 8.82. The molecule has 0 saturated carbocycles. The minimum Gasteiger partial charge on any atom is -0.480 e. The summed E-state index contributed by atoms with van der Waals surface area (Å²) in [5.41, 5.74) is 6.10. The molecule has 1 heterocycles. The number of hydrogen-bond donors (Lipinski definition) is 2. The number of sulfonamides is 1. The number of carboxylic acid groups (broad SMARTS) is 1. The summed E-state index contributed by atoms with van der Waals surface area (Å²) in [4.78, 5) is 11.0. The lowest BCUT2D eigenvalue weighted by Crippen LogP contribution is -2.35. The molecule has 7 heteroatoms. The Kier molecular flexibility index (Phi) is 4.97. The maximum Gasteiger partial charge on any atom is 0.320 e. The predicted molar refractivity (Wildman–Crippen MR) is 78.4 cm³/mol. The lowest BCUT2D eigenvalue weighted by Gasteiger charge is -2.26. The molecular weight excluding hydrogens is 292 g/mol. The fourth-order valence-corrected chi connectivity index (χ4v) is 4.02. The molecule has 6 nitrogen and oxygen atoms in total. The molecule has 0 amide bonds. The first-order chi connectivity index (χ1) is 9.91. The highest BCUT2D eigenvalue weighted by atomic mass is 32.2. The Balaban J connectivity index is 2.21. The quantitative estimate of drug-likeness (QED) is 0.838. The van der Waals surface area contributed by atoms with Crippen molar-refractivity contribution in [2.45, 2.75) is 36.6 Å². The summed E-state index contributed by atoms with van der Waals surface area (Å²) in [7, 11) is -3.50. The lowest BCUT2D eigenvalue weighted by atomic mass is 10.1. The summed E-state index contributed by atoms with van der Waals surface area (Å²) < 4.78 is 26.6. The average molecular weight is 312 g/mol. The van der Waals surface area contributed by atoms with Crippen LogP contribution in [0.25, 0.3) is 0 Å². The molecule has 1 atom stereocenters. The first-order valence-electron chi connectivity index (χ1n) is 6.99. The topological polar surface area (TPSA) is 101 Å². The third-order valence-corrected chi connectivity index (χ3v) is 5.52. The van der Waals surface area contributed by atoms with Gasteiger partial charge in [0, 0.05) is 13.1 Å². The van der Waals surface area contributed by atoms with Crippen LogP contribution in [0.5, 0.6) is 0 Å². The van der Waals surface area contributed by atoms with Crippen LogP contribution in [-0.2, 0) is 21.2 Å². The van der Waals surface area contributed by atoms with E-state index < -0.39 is 22.0 Å². The van der Waals surface area contributed by atoms with Crippen molar-refractivity contribution in [2.24, 2.45) is 5.73 Å². The summed E-state index contributed by atoms with van der Waals surface area (Å²) in [6, 6.07) is 5.35. The Labute approximate surface area is 124 Å². The first-order valence-corrected chi connectivity index (χ1v) is 8.43. The van der Waals surface area contributed by atoms with Gasteiger partial charge in [-0.25, -0.2) is 8.42 Å². The van der Waals surface area contributed by atoms with Crippen LogP contribution >= 0.6 is 0 Å². The predicted octanol–water partition coefficient (Wildman–Crippen LogP) is 0.816. The second kappa shape index (κ2) is 6.55. The lowest BCUT2D eigenvalue weighted by molar-refractivity contribution is -0.138. The van der Waals surface area contributed by atoms with Gasteiger partial charge in [-0.2, -0.15) is 4.31 Å². The number of benzene rings is 1. The van der Waals surface area contributed by atoms with E-state index in [1.165, 1.54) is 10.4 Å². The van der Waals surface area contributed by atoms with Gasteiger partial charge in [-0.15, -0.1) is 0 Å². The van der Waals surface area contributed by atoms with Crippen molar-refractivity contribution < 1.29 is 18.3 Å². The number of hydrogen-bond acceptors (Lipinski definition) is 4. The van der Waals surface area contributed by atoms with Gasteiger partial charge in [-0.1, -0.05) is 18.6 Å². The Bertz CT molecular complexity index is 609. The van der Waals surface area contributed by atoms with Crippen molar-refractivity contribution in [3.63, 3.8) is 0 Å². The zero-order valence-corrected chi connectivity index (χ0v) is 12.6. The Hall–Kier alpha value is -1.44. The van der Waals surface area contributed by atoms with Crippen molar-refractivity contribution in [2.75, 3.05) is 13.1 Å². The maximum atomic E-state index is 12.5. The van der Waals surface area contributed by atoms with Gasteiger partial charge in [-0.3, -0.25) is 4.79 Å². The molecular formula is C14H20N2O4S. The van der Waals surface area contributed by atoms with Crippen molar-refractivity contribution in [1.82, 2.24) is 4.31 Å². The van der Waals surface area contributed by atoms with Gasteiger partial charge in [-0.05, 0) is 37.0 Å². The maximum absolute atomic E-state index is 12.5. The van der Waals surface area contributed by atoms with Gasteiger partial charge in [0.15, 0.2) is 0 Å². The van der Waals surface area contributed by atoms with Gasteiger partial charge < -0.3 is 10.8 Å². The van der Waals surface area contributed by atoms with Crippen LogP contribution in [0.15, 0.2) is 29.2 Å². The molecule has 1 aromatic carbocycles. The van der Waals surface area contributed by atoms with E-state index in [0.717, 1.165) is 19.3 Å². The molecule has 3 N–H and O–H groups in total. The SMILES string of the molecule is N[C@@H](Cc1cccc(S(=O)(=O)N2CCCCC2)c1)C(=O)O. The zero-order chi connectivity index (χ0) is 15.5. The first kappa shape index (κ1) is 15.9. The smallest absolute Gasteiger partial charge is 0.320 e. The molecule has 1 saturated heterocycles. The number of nitrogens with two attached hydrogens (primary N) is 1. The Morgan fingerprint density at radius 2 is 1.95 bits per heavy atom. The van der Waals surface area contributed by atoms with E-state index in [1.807, 2.05) is 0 Å². The van der Waals surface area contributed by atoms with Crippen molar-refractivity contribution in [3.8, 4) is 0 Å². The van der Waals surface area contributed by atoms with Crippen LogP contribution in [-0.4, -0.2) is 42.9 Å². The summed E-state index contributed by atoms with van der Waals surface area (Å²) >= 11 is 0. The standard InChI is InChI=1S/C14H20N2O4S/c15-13(14(17)18)10-11-5-4-6-12(9-11)21(19,20)16-7-2-1-3-8-16/h4-6,9,13H,1-3,7-8,10,15H2,(H,17,18)/t13-/m0/s1. The van der Waals surface area contributed by atoms with E-state index in [2.05, 4.69) is 0 Å². The van der Waals surface area contributed by atoms with Gasteiger partial charge in [0.2, 0.25) is 10.0 Å². The molecule has 1 fully saturated rings. The van der Waals surface area contributed by atoms with Crippen LogP contribution in [0, 0.1) is 0 Å². The number of rotatable bonds is 5. The molecule has 116 valence electrons. The zero-order valence-electron chi connectivity index (χ0n) is 11.7. The normalized spacial score (nSPS) is 18.3. The Morgan fingerprint density at radius 3 is 2.57 bits per heavy atom. The van der Waals surface area contributed by atoms with Crippen LogP contribution in [0.3, 0.4) is 0 Å². The summed E-state index contributed by atoms with van der Waals surface area (Å²) in [5.74, 6) is -1.10. The monoisotopic (exact) mass is 312 g/mol. The third-order valence-electron chi connectivity index (χ3n) is 3.62. The van der Waals surface area contributed by atoms with Crippen molar-refractivity contribution in [1.29, 1.82) is 0 Å². The largest absolute Gasteiger partial charge is 0.480 e. The van der Waals surface area contributed by atoms with Gasteiger partial charge >= 0.3 is 5.97 Å². The molecule has 0 bridgehead atoms. The highest BCUT2D eigenvalue weighted by Gasteiger charge is 2.26. The van der Waals surface area contributed by atoms with E-state index >= 15 is 0 Å². The average Bonchev–Trinajstić information content (AvgIpc) is 2.48. The minimum absolute atomic E-state index is 0.110. The summed E-state index contributed by atoms with van der Waals surface area (Å²) in [6.07, 6.45) is 2.92. The molecule has 0 radical (unpaired) electrons. The van der Waals surface area contributed by atoms with Crippen molar-refractivity contribution >= 4 is 16.0 Å². The van der Waals surface area contributed by atoms with Crippen LogP contribution in [0.4, 0.5) is 0 Å². The number of carboxylic acids is 1. The van der Waals surface area contributed by atoms with Crippen LogP contribution in [0.2, 0.25) is 0 Å². The second-order valence-corrected chi connectivity index (χ2v) is 7.20. The second-order valence-electron chi connectivity index (χ2n) is 5.26. The number of carbonyl (C=O) groups is 1. The number of nitrogens with zero attached hydrogens (tertiary/aromatic N) is 1. The molecule has 0 unspecified atom stereocenters. The highest BCUT2D eigenvalue weighted by molar-refractivity contribution is 7.89. The van der Waals surface area contributed by atoms with Crippen molar-refractivity contribution in [3.05, 3.63) is 29.8 Å². The van der Waals surface area contributed by atoms with E-state index in [9.17, 15) is 13.2 Å². The molecule has 0 aromatic heterocycles. The molecule has 1 aliphatic rings. The molecule has 21 heavy (non-hydrogen) atoms. The van der Waals surface area contributed by atoms with E-state index in [1.54, 1.807) is 18.2 Å². The number of aliphatic carboxylic acids is 1. The van der Waals surface area contributed by atoms with E-state index in [0.29, 0.717) is 18.7 Å². The molecule has 2 rings (SSSR count). The van der Waals surface area contributed by atoms with Crippen LogP contribution < -0.4 is 5.73 Å². The third kappa shape index (κ3) is 3.81. The Morgan fingerprint density at radius 1 is 1.29 bits per heavy atom.